The second-order valence-electron chi connectivity index (χ2n) is 4.99. The minimum absolute atomic E-state index is 0.0499. The summed E-state index contributed by atoms with van der Waals surface area (Å²) in [5.41, 5.74) is 0.0884. The molecule has 21 heavy (non-hydrogen) atoms. The minimum Gasteiger partial charge on any atom is -0.396 e. The predicted octanol–water partition coefficient (Wildman–Crippen LogP) is -0.395. The standard InChI is InChI=1S/C12H15N5O4/c1-6(19)14-12-15-10-9(11(20)16-12)13-5-17(10)8-2-7(3-18)4-21-8/h5,7-8,18H,2-4H2,1H3,(H2,14,15,16,19,20). The van der Waals surface area contributed by atoms with Crippen LogP contribution in [0.5, 0.6) is 0 Å². The Morgan fingerprint density at radius 3 is 3.14 bits per heavy atom. The van der Waals surface area contributed by atoms with Gasteiger partial charge in [-0.25, -0.2) is 4.98 Å². The van der Waals surface area contributed by atoms with E-state index in [4.69, 9.17) is 9.84 Å². The summed E-state index contributed by atoms with van der Waals surface area (Å²) < 4.78 is 7.24. The molecule has 2 unspecified atom stereocenters. The molecule has 9 heteroatoms. The number of nitrogens with one attached hydrogen (secondary N) is 2. The van der Waals surface area contributed by atoms with Crippen LogP contribution in [0, 0.1) is 5.92 Å². The number of nitrogens with zero attached hydrogens (tertiary/aromatic N) is 3. The number of aliphatic hydroxyl groups is 1. The zero-order chi connectivity index (χ0) is 15.0. The summed E-state index contributed by atoms with van der Waals surface area (Å²) in [7, 11) is 0. The van der Waals surface area contributed by atoms with Crippen LogP contribution in [0.15, 0.2) is 11.1 Å². The van der Waals surface area contributed by atoms with E-state index < -0.39 is 5.56 Å². The number of H-pyrrole nitrogens is 1. The fourth-order valence-electron chi connectivity index (χ4n) is 2.35. The molecule has 112 valence electrons. The van der Waals surface area contributed by atoms with Crippen LogP contribution in [-0.4, -0.2) is 43.7 Å². The molecule has 1 saturated heterocycles. The first-order valence-electron chi connectivity index (χ1n) is 6.55. The van der Waals surface area contributed by atoms with Gasteiger partial charge in [-0.1, -0.05) is 0 Å². The smallest absolute Gasteiger partial charge is 0.280 e. The predicted molar refractivity (Wildman–Crippen MR) is 72.6 cm³/mol. The van der Waals surface area contributed by atoms with E-state index in [1.54, 1.807) is 4.57 Å². The molecule has 0 radical (unpaired) electrons. The maximum Gasteiger partial charge on any atom is 0.280 e. The normalized spacial score (nSPS) is 21.8. The highest BCUT2D eigenvalue weighted by atomic mass is 16.5. The van der Waals surface area contributed by atoms with Gasteiger partial charge < -0.3 is 9.84 Å². The lowest BCUT2D eigenvalue weighted by Gasteiger charge is -2.11. The van der Waals surface area contributed by atoms with Crippen LogP contribution in [-0.2, 0) is 9.53 Å². The maximum atomic E-state index is 11.9. The summed E-state index contributed by atoms with van der Waals surface area (Å²) in [5, 5.41) is 11.6. The molecule has 2 aromatic rings. The number of amides is 1. The lowest BCUT2D eigenvalue weighted by atomic mass is 10.1. The summed E-state index contributed by atoms with van der Waals surface area (Å²) in [6, 6.07) is 0. The first-order chi connectivity index (χ1) is 10.1. The van der Waals surface area contributed by atoms with E-state index in [1.165, 1.54) is 13.3 Å². The van der Waals surface area contributed by atoms with E-state index in [2.05, 4.69) is 20.3 Å². The molecule has 0 bridgehead atoms. The van der Waals surface area contributed by atoms with Crippen LogP contribution in [0.1, 0.15) is 19.6 Å². The van der Waals surface area contributed by atoms with Gasteiger partial charge in [0.05, 0.1) is 12.9 Å². The van der Waals surface area contributed by atoms with Crippen LogP contribution >= 0.6 is 0 Å². The quantitative estimate of drug-likeness (QED) is 0.708. The summed E-state index contributed by atoms with van der Waals surface area (Å²) in [6.07, 6.45) is 1.77. The highest BCUT2D eigenvalue weighted by Crippen LogP contribution is 2.29. The van der Waals surface area contributed by atoms with Gasteiger partial charge in [0.2, 0.25) is 11.9 Å². The van der Waals surface area contributed by atoms with Gasteiger partial charge in [-0.05, 0) is 6.42 Å². The van der Waals surface area contributed by atoms with Gasteiger partial charge >= 0.3 is 0 Å². The molecule has 1 aliphatic heterocycles. The molecule has 1 aliphatic rings. The zero-order valence-corrected chi connectivity index (χ0v) is 11.4. The topological polar surface area (TPSA) is 122 Å². The Morgan fingerprint density at radius 1 is 1.67 bits per heavy atom. The number of carbonyl (C=O) groups excluding carboxylic acids is 1. The van der Waals surface area contributed by atoms with Gasteiger partial charge in [0, 0.05) is 19.4 Å². The van der Waals surface area contributed by atoms with Crippen LogP contribution in [0.4, 0.5) is 5.95 Å². The average Bonchev–Trinajstić information content (AvgIpc) is 3.03. The van der Waals surface area contributed by atoms with Crippen molar-refractivity contribution in [3.8, 4) is 0 Å². The number of aliphatic hydroxyl groups excluding tert-OH is 1. The largest absolute Gasteiger partial charge is 0.396 e. The molecule has 0 spiro atoms. The summed E-state index contributed by atoms with van der Waals surface area (Å²) in [5.74, 6) is -0.205. The molecule has 2 atom stereocenters. The van der Waals surface area contributed by atoms with Crippen molar-refractivity contribution in [2.45, 2.75) is 19.6 Å². The van der Waals surface area contributed by atoms with Gasteiger partial charge in [-0.15, -0.1) is 0 Å². The maximum absolute atomic E-state index is 11.9. The molecule has 0 aromatic carbocycles. The summed E-state index contributed by atoms with van der Waals surface area (Å²) in [4.78, 5) is 33.7. The van der Waals surface area contributed by atoms with Crippen molar-refractivity contribution >= 4 is 23.0 Å². The number of anilines is 1. The van der Waals surface area contributed by atoms with E-state index in [-0.39, 0.29) is 36.1 Å². The van der Waals surface area contributed by atoms with Crippen LogP contribution in [0.2, 0.25) is 0 Å². The average molecular weight is 293 g/mol. The molecule has 3 N–H and O–H groups in total. The molecule has 1 amide bonds. The van der Waals surface area contributed by atoms with E-state index in [9.17, 15) is 9.59 Å². The fourth-order valence-corrected chi connectivity index (χ4v) is 2.35. The summed E-state index contributed by atoms with van der Waals surface area (Å²) in [6.45, 7) is 1.82. The van der Waals surface area contributed by atoms with Crippen molar-refractivity contribution in [3.63, 3.8) is 0 Å². The molecule has 0 saturated carbocycles. The van der Waals surface area contributed by atoms with Crippen LogP contribution in [0.3, 0.4) is 0 Å². The van der Waals surface area contributed by atoms with Gasteiger partial charge in [-0.3, -0.25) is 24.5 Å². The monoisotopic (exact) mass is 293 g/mol. The van der Waals surface area contributed by atoms with E-state index >= 15 is 0 Å². The second kappa shape index (κ2) is 5.26. The lowest BCUT2D eigenvalue weighted by Crippen LogP contribution is -2.17. The van der Waals surface area contributed by atoms with Crippen molar-refractivity contribution < 1.29 is 14.6 Å². The van der Waals surface area contributed by atoms with E-state index in [0.717, 1.165) is 0 Å². The summed E-state index contributed by atoms with van der Waals surface area (Å²) >= 11 is 0. The molecule has 0 aliphatic carbocycles. The first kappa shape index (κ1) is 13.7. The van der Waals surface area contributed by atoms with Crippen molar-refractivity contribution in [2.75, 3.05) is 18.5 Å². The van der Waals surface area contributed by atoms with Crippen LogP contribution < -0.4 is 10.9 Å². The third kappa shape index (κ3) is 2.52. The molecule has 3 heterocycles. The van der Waals surface area contributed by atoms with Gasteiger partial charge in [-0.2, -0.15) is 4.98 Å². The number of imidazole rings is 1. The Morgan fingerprint density at radius 2 is 2.48 bits per heavy atom. The Labute approximate surface area is 119 Å². The Bertz CT molecular complexity index is 737. The molecule has 3 rings (SSSR count). The molecule has 2 aromatic heterocycles. The van der Waals surface area contributed by atoms with E-state index in [0.29, 0.717) is 18.7 Å². The Hall–Kier alpha value is -2.26. The third-order valence-corrected chi connectivity index (χ3v) is 3.35. The van der Waals surface area contributed by atoms with Gasteiger partial charge in [0.15, 0.2) is 11.2 Å². The minimum atomic E-state index is -0.431. The SMILES string of the molecule is CC(=O)Nc1nc2c(ncn2C2CC(CO)CO2)c(=O)[nH]1. The number of aromatic nitrogens is 4. The highest BCUT2D eigenvalue weighted by molar-refractivity contribution is 5.87. The molecular weight excluding hydrogens is 278 g/mol. The second-order valence-corrected chi connectivity index (χ2v) is 4.99. The van der Waals surface area contributed by atoms with Crippen molar-refractivity contribution in [2.24, 2.45) is 5.92 Å². The number of fused-ring (bicyclic) bond motifs is 1. The highest BCUT2D eigenvalue weighted by Gasteiger charge is 2.28. The molecule has 9 nitrogen and oxygen atoms in total. The number of ether oxygens (including phenoxy) is 1. The number of carbonyl (C=O) groups is 1. The molecule has 1 fully saturated rings. The number of hydrogen-bond acceptors (Lipinski definition) is 6. The number of hydrogen-bond donors (Lipinski definition) is 3. The fraction of sp³-hybridized carbons (Fsp3) is 0.500. The van der Waals surface area contributed by atoms with Crippen LogP contribution in [0.25, 0.3) is 11.2 Å². The van der Waals surface area contributed by atoms with Gasteiger partial charge in [0.1, 0.15) is 6.23 Å². The zero-order valence-electron chi connectivity index (χ0n) is 11.4. The van der Waals surface area contributed by atoms with Crippen molar-refractivity contribution in [3.05, 3.63) is 16.7 Å². The van der Waals surface area contributed by atoms with Crippen molar-refractivity contribution in [1.82, 2.24) is 19.5 Å². The first-order valence-corrected chi connectivity index (χ1v) is 6.55. The molecular formula is C12H15N5O4. The Kier molecular flexibility index (Phi) is 3.43. The van der Waals surface area contributed by atoms with Gasteiger partial charge in [0.25, 0.3) is 5.56 Å². The Balaban J connectivity index is 2.02. The third-order valence-electron chi connectivity index (χ3n) is 3.35. The lowest BCUT2D eigenvalue weighted by molar-refractivity contribution is -0.114. The number of aromatic amines is 1. The van der Waals surface area contributed by atoms with E-state index in [1.807, 2.05) is 0 Å². The number of rotatable bonds is 3. The van der Waals surface area contributed by atoms with Crippen molar-refractivity contribution in [1.29, 1.82) is 0 Å².